The van der Waals surface area contributed by atoms with Gasteiger partial charge in [0.25, 0.3) is 0 Å². The van der Waals surface area contributed by atoms with Crippen molar-refractivity contribution >= 4 is 0 Å². The molecule has 0 aliphatic rings. The summed E-state index contributed by atoms with van der Waals surface area (Å²) in [7, 11) is 0. The maximum absolute atomic E-state index is 13.5. The van der Waals surface area contributed by atoms with Gasteiger partial charge in [0, 0.05) is 24.8 Å². The summed E-state index contributed by atoms with van der Waals surface area (Å²) in [6, 6.07) is 16.4. The fourth-order valence-electron chi connectivity index (χ4n) is 3.15. The van der Waals surface area contributed by atoms with Crippen LogP contribution in [0.2, 0.25) is 0 Å². The molecule has 0 saturated heterocycles. The Hall–Kier alpha value is -3.21. The highest BCUT2D eigenvalue weighted by Crippen LogP contribution is 2.41. The summed E-state index contributed by atoms with van der Waals surface area (Å²) in [5.41, 5.74) is 1.09. The SMILES string of the molecule is Fc1ccc(C(c2ccccc2)(c2ncc[nH]2)c2ncc[nH]2)cc1. The predicted octanol–water partition coefficient (Wildman–Crippen LogP) is 3.65. The Morgan fingerprint density at radius 1 is 0.708 bits per heavy atom. The molecule has 0 bridgehead atoms. The first-order chi connectivity index (χ1) is 11.8. The molecule has 4 aromatic rings. The van der Waals surface area contributed by atoms with Gasteiger partial charge in [-0.15, -0.1) is 0 Å². The molecule has 2 heterocycles. The number of rotatable bonds is 4. The predicted molar refractivity (Wildman–Crippen MR) is 89.0 cm³/mol. The summed E-state index contributed by atoms with van der Waals surface area (Å²) in [4.78, 5) is 15.4. The van der Waals surface area contributed by atoms with E-state index in [9.17, 15) is 4.39 Å². The average molecular weight is 318 g/mol. The number of halogens is 1. The maximum atomic E-state index is 13.5. The number of nitrogens with one attached hydrogen (secondary N) is 2. The van der Waals surface area contributed by atoms with E-state index in [4.69, 9.17) is 0 Å². The van der Waals surface area contributed by atoms with Crippen molar-refractivity contribution in [3.05, 3.63) is 108 Å². The molecule has 0 radical (unpaired) electrons. The van der Waals surface area contributed by atoms with E-state index in [1.54, 1.807) is 36.9 Å². The first-order valence-corrected chi connectivity index (χ1v) is 7.63. The van der Waals surface area contributed by atoms with E-state index in [0.717, 1.165) is 22.8 Å². The zero-order valence-electron chi connectivity index (χ0n) is 12.8. The second-order valence-electron chi connectivity index (χ2n) is 5.50. The molecule has 4 nitrogen and oxygen atoms in total. The van der Waals surface area contributed by atoms with Gasteiger partial charge in [-0.2, -0.15) is 0 Å². The Bertz CT molecular complexity index is 864. The lowest BCUT2D eigenvalue weighted by molar-refractivity contribution is 0.617. The molecule has 5 heteroatoms. The van der Waals surface area contributed by atoms with Crippen molar-refractivity contribution in [2.24, 2.45) is 0 Å². The maximum Gasteiger partial charge on any atom is 0.136 e. The Labute approximate surface area is 138 Å². The number of hydrogen-bond acceptors (Lipinski definition) is 2. The zero-order valence-corrected chi connectivity index (χ0v) is 12.8. The van der Waals surface area contributed by atoms with Crippen molar-refractivity contribution in [1.82, 2.24) is 19.9 Å². The summed E-state index contributed by atoms with van der Waals surface area (Å²) in [6.45, 7) is 0. The van der Waals surface area contributed by atoms with Crippen molar-refractivity contribution in [2.75, 3.05) is 0 Å². The van der Waals surface area contributed by atoms with Gasteiger partial charge in [0.2, 0.25) is 0 Å². The molecule has 2 aromatic heterocycles. The third-order valence-corrected chi connectivity index (χ3v) is 4.19. The quantitative estimate of drug-likeness (QED) is 0.603. The second kappa shape index (κ2) is 5.77. The van der Waals surface area contributed by atoms with Gasteiger partial charge in [0.05, 0.1) is 0 Å². The summed E-state index contributed by atoms with van der Waals surface area (Å²) >= 11 is 0. The van der Waals surface area contributed by atoms with E-state index < -0.39 is 5.41 Å². The minimum Gasteiger partial charge on any atom is -0.347 e. The van der Waals surface area contributed by atoms with E-state index >= 15 is 0 Å². The third-order valence-electron chi connectivity index (χ3n) is 4.19. The molecule has 0 amide bonds. The van der Waals surface area contributed by atoms with Crippen LogP contribution in [0.15, 0.2) is 79.4 Å². The topological polar surface area (TPSA) is 57.4 Å². The summed E-state index contributed by atoms with van der Waals surface area (Å²) in [6.07, 6.45) is 6.97. The van der Waals surface area contributed by atoms with Crippen LogP contribution in [-0.2, 0) is 5.41 Å². The molecule has 2 N–H and O–H groups in total. The zero-order chi connectivity index (χ0) is 16.4. The van der Waals surface area contributed by atoms with E-state index in [-0.39, 0.29) is 5.82 Å². The number of benzene rings is 2. The average Bonchev–Trinajstić information content (AvgIpc) is 3.33. The highest BCUT2D eigenvalue weighted by Gasteiger charge is 2.43. The van der Waals surface area contributed by atoms with Crippen molar-refractivity contribution in [3.8, 4) is 0 Å². The van der Waals surface area contributed by atoms with Gasteiger partial charge in [-0.05, 0) is 23.3 Å². The van der Waals surface area contributed by atoms with Crippen LogP contribution in [0.3, 0.4) is 0 Å². The molecule has 0 spiro atoms. The van der Waals surface area contributed by atoms with Gasteiger partial charge in [-0.3, -0.25) is 0 Å². The van der Waals surface area contributed by atoms with Crippen molar-refractivity contribution in [1.29, 1.82) is 0 Å². The Balaban J connectivity index is 2.09. The lowest BCUT2D eigenvalue weighted by Gasteiger charge is -2.31. The number of nitrogens with zero attached hydrogens (tertiary/aromatic N) is 2. The van der Waals surface area contributed by atoms with E-state index in [2.05, 4.69) is 19.9 Å². The molecule has 0 fully saturated rings. The highest BCUT2D eigenvalue weighted by atomic mass is 19.1. The number of aromatic nitrogens is 4. The van der Waals surface area contributed by atoms with Crippen molar-refractivity contribution < 1.29 is 4.39 Å². The summed E-state index contributed by atoms with van der Waals surface area (Å²) < 4.78 is 13.5. The van der Waals surface area contributed by atoms with Crippen molar-refractivity contribution in [2.45, 2.75) is 5.41 Å². The van der Waals surface area contributed by atoms with Crippen LogP contribution in [0.4, 0.5) is 4.39 Å². The first kappa shape index (κ1) is 14.4. The Morgan fingerprint density at radius 3 is 1.75 bits per heavy atom. The molecule has 0 saturated carbocycles. The molecule has 0 unspecified atom stereocenters. The van der Waals surface area contributed by atoms with Crippen molar-refractivity contribution in [3.63, 3.8) is 0 Å². The van der Waals surface area contributed by atoms with Crippen LogP contribution in [-0.4, -0.2) is 19.9 Å². The Morgan fingerprint density at radius 2 is 1.25 bits per heavy atom. The van der Waals surface area contributed by atoms with E-state index in [1.165, 1.54) is 12.1 Å². The molecule has 0 aliphatic carbocycles. The molecule has 24 heavy (non-hydrogen) atoms. The van der Waals surface area contributed by atoms with Crippen LogP contribution in [0, 0.1) is 5.82 Å². The molecular formula is C19H15FN4. The minimum atomic E-state index is -0.776. The Kier molecular flexibility index (Phi) is 3.46. The number of imidazole rings is 2. The fraction of sp³-hybridized carbons (Fsp3) is 0.0526. The molecule has 2 aromatic carbocycles. The fourth-order valence-corrected chi connectivity index (χ4v) is 3.15. The van der Waals surface area contributed by atoms with Gasteiger partial charge >= 0.3 is 0 Å². The van der Waals surface area contributed by atoms with Crippen LogP contribution in [0.1, 0.15) is 22.8 Å². The van der Waals surface area contributed by atoms with Crippen LogP contribution in [0.5, 0.6) is 0 Å². The number of aromatic amines is 2. The molecular weight excluding hydrogens is 303 g/mol. The van der Waals surface area contributed by atoms with Gasteiger partial charge in [-0.25, -0.2) is 14.4 Å². The third kappa shape index (κ3) is 2.13. The lowest BCUT2D eigenvalue weighted by atomic mass is 9.73. The second-order valence-corrected chi connectivity index (χ2v) is 5.50. The van der Waals surface area contributed by atoms with Crippen LogP contribution < -0.4 is 0 Å². The monoisotopic (exact) mass is 318 g/mol. The van der Waals surface area contributed by atoms with E-state index in [1.807, 2.05) is 30.3 Å². The molecule has 118 valence electrons. The summed E-state index contributed by atoms with van der Waals surface area (Å²) in [5.74, 6) is 1.16. The van der Waals surface area contributed by atoms with E-state index in [0.29, 0.717) is 0 Å². The highest BCUT2D eigenvalue weighted by molar-refractivity contribution is 5.52. The number of hydrogen-bond donors (Lipinski definition) is 2. The lowest BCUT2D eigenvalue weighted by Crippen LogP contribution is -2.33. The number of H-pyrrole nitrogens is 2. The van der Waals surface area contributed by atoms with Gasteiger partial charge < -0.3 is 9.97 Å². The van der Waals surface area contributed by atoms with Crippen LogP contribution >= 0.6 is 0 Å². The molecule has 4 rings (SSSR count). The standard InChI is InChI=1S/C19H15FN4/c20-16-8-6-15(7-9-16)19(17-21-10-11-22-17,18-23-12-13-24-18)14-4-2-1-3-5-14/h1-13H,(H,21,22)(H,23,24). The molecule has 0 aliphatic heterocycles. The molecule has 0 atom stereocenters. The smallest absolute Gasteiger partial charge is 0.136 e. The largest absolute Gasteiger partial charge is 0.347 e. The van der Waals surface area contributed by atoms with Gasteiger partial charge in [0.15, 0.2) is 0 Å². The van der Waals surface area contributed by atoms with Crippen LogP contribution in [0.25, 0.3) is 0 Å². The van der Waals surface area contributed by atoms with Gasteiger partial charge in [0.1, 0.15) is 22.9 Å². The first-order valence-electron chi connectivity index (χ1n) is 7.63. The van der Waals surface area contributed by atoms with Gasteiger partial charge in [-0.1, -0.05) is 42.5 Å². The summed E-state index contributed by atoms with van der Waals surface area (Å²) in [5, 5.41) is 0. The normalized spacial score (nSPS) is 11.5. The minimum absolute atomic E-state index is 0.278.